The molecule has 0 aliphatic carbocycles. The summed E-state index contributed by atoms with van der Waals surface area (Å²) in [6.45, 7) is 7.61. The van der Waals surface area contributed by atoms with Gasteiger partial charge in [-0.2, -0.15) is 5.10 Å². The zero-order valence-electron chi connectivity index (χ0n) is 17.1. The number of nitrogens with zero attached hydrogens (tertiary/aromatic N) is 3. The highest BCUT2D eigenvalue weighted by Crippen LogP contribution is 2.25. The number of aliphatic hydroxyl groups is 1. The Morgan fingerprint density at radius 3 is 2.52 bits per heavy atom. The van der Waals surface area contributed by atoms with E-state index in [2.05, 4.69) is 24.3 Å². The number of morpholine rings is 1. The van der Waals surface area contributed by atoms with Crippen molar-refractivity contribution >= 4 is 10.9 Å². The maximum absolute atomic E-state index is 10.8. The first-order valence-electron chi connectivity index (χ1n) is 10.2. The van der Waals surface area contributed by atoms with Gasteiger partial charge in [0.2, 0.25) is 0 Å². The quantitative estimate of drug-likeness (QED) is 0.666. The summed E-state index contributed by atoms with van der Waals surface area (Å²) in [5, 5.41) is 16.7. The Morgan fingerprint density at radius 2 is 1.76 bits per heavy atom. The van der Waals surface area contributed by atoms with Crippen LogP contribution in [-0.4, -0.2) is 57.9 Å². The zero-order chi connectivity index (χ0) is 20.3. The van der Waals surface area contributed by atoms with Crippen molar-refractivity contribution in [3.05, 3.63) is 65.9 Å². The summed E-state index contributed by atoms with van der Waals surface area (Å²) in [7, 11) is 0. The van der Waals surface area contributed by atoms with E-state index in [4.69, 9.17) is 14.6 Å². The van der Waals surface area contributed by atoms with Crippen LogP contribution < -0.4 is 0 Å². The Hall–Kier alpha value is -2.25. The van der Waals surface area contributed by atoms with Gasteiger partial charge in [-0.1, -0.05) is 48.5 Å². The van der Waals surface area contributed by atoms with Crippen molar-refractivity contribution in [2.45, 2.75) is 38.8 Å². The predicted molar refractivity (Wildman–Crippen MR) is 113 cm³/mol. The molecule has 1 fully saturated rings. The monoisotopic (exact) mass is 395 g/mol. The smallest absolute Gasteiger partial charge is 0.136 e. The van der Waals surface area contributed by atoms with Crippen molar-refractivity contribution in [1.82, 2.24) is 14.7 Å². The molecule has 1 unspecified atom stereocenters. The Labute approximate surface area is 171 Å². The van der Waals surface area contributed by atoms with E-state index in [0.29, 0.717) is 39.5 Å². The van der Waals surface area contributed by atoms with Crippen molar-refractivity contribution in [2.75, 3.05) is 26.3 Å². The Bertz CT molecular complexity index is 933. The molecule has 1 aliphatic heterocycles. The van der Waals surface area contributed by atoms with Crippen molar-refractivity contribution < 1.29 is 14.6 Å². The molecule has 1 N–H and O–H groups in total. The van der Waals surface area contributed by atoms with Crippen LogP contribution in [-0.2, 0) is 22.6 Å². The number of benzene rings is 2. The van der Waals surface area contributed by atoms with Gasteiger partial charge in [-0.05, 0) is 25.5 Å². The third kappa shape index (κ3) is 4.51. The van der Waals surface area contributed by atoms with Crippen LogP contribution in [0.15, 0.2) is 54.6 Å². The fraction of sp³-hybridized carbons (Fsp3) is 0.435. The summed E-state index contributed by atoms with van der Waals surface area (Å²) in [6, 6.07) is 18.5. The van der Waals surface area contributed by atoms with E-state index in [-0.39, 0.29) is 0 Å². The number of rotatable bonds is 7. The van der Waals surface area contributed by atoms with Crippen LogP contribution in [0.25, 0.3) is 10.9 Å². The van der Waals surface area contributed by atoms with Crippen LogP contribution in [0.5, 0.6) is 0 Å². The molecular formula is C23H29N3O3. The molecule has 6 heteroatoms. The lowest BCUT2D eigenvalue weighted by atomic mass is 10.1. The molecule has 0 amide bonds. The summed E-state index contributed by atoms with van der Waals surface area (Å²) >= 11 is 0. The number of para-hydroxylation sites is 1. The predicted octanol–water partition coefficient (Wildman–Crippen LogP) is 3.03. The van der Waals surface area contributed by atoms with Gasteiger partial charge < -0.3 is 14.6 Å². The van der Waals surface area contributed by atoms with Crippen molar-refractivity contribution in [1.29, 1.82) is 0 Å². The third-order valence-electron chi connectivity index (χ3n) is 5.50. The van der Waals surface area contributed by atoms with Crippen LogP contribution in [0.2, 0.25) is 0 Å². The number of aromatic nitrogens is 2. The van der Waals surface area contributed by atoms with E-state index in [1.165, 1.54) is 5.56 Å². The molecule has 1 atom stereocenters. The number of ether oxygens (including phenoxy) is 2. The van der Waals surface area contributed by atoms with E-state index in [1.807, 2.05) is 53.8 Å². The maximum atomic E-state index is 10.8. The molecule has 154 valence electrons. The third-order valence-corrected chi connectivity index (χ3v) is 5.50. The first kappa shape index (κ1) is 20.0. The van der Waals surface area contributed by atoms with Gasteiger partial charge in [0.15, 0.2) is 0 Å². The highest BCUT2D eigenvalue weighted by Gasteiger charge is 2.34. The highest BCUT2D eigenvalue weighted by molar-refractivity contribution is 5.81. The van der Waals surface area contributed by atoms with Crippen LogP contribution in [0.4, 0.5) is 0 Å². The van der Waals surface area contributed by atoms with Crippen molar-refractivity contribution in [3.63, 3.8) is 0 Å². The lowest BCUT2D eigenvalue weighted by molar-refractivity contribution is -0.181. The molecule has 0 bridgehead atoms. The number of hydrogen-bond acceptors (Lipinski definition) is 5. The molecule has 2 heterocycles. The van der Waals surface area contributed by atoms with Gasteiger partial charge in [0.05, 0.1) is 37.6 Å². The Kier molecular flexibility index (Phi) is 5.96. The molecule has 4 rings (SSSR count). The van der Waals surface area contributed by atoms with E-state index in [1.54, 1.807) is 0 Å². The summed E-state index contributed by atoms with van der Waals surface area (Å²) in [5.74, 6) is 0. The Morgan fingerprint density at radius 1 is 1.07 bits per heavy atom. The van der Waals surface area contributed by atoms with Crippen LogP contribution >= 0.6 is 0 Å². The van der Waals surface area contributed by atoms with Gasteiger partial charge in [-0.25, -0.2) is 0 Å². The van der Waals surface area contributed by atoms with Crippen LogP contribution in [0, 0.1) is 0 Å². The molecule has 2 aromatic carbocycles. The van der Waals surface area contributed by atoms with Gasteiger partial charge in [0.1, 0.15) is 11.8 Å². The molecular weight excluding hydrogens is 366 g/mol. The number of fused-ring (bicyclic) bond motifs is 1. The summed E-state index contributed by atoms with van der Waals surface area (Å²) in [4.78, 5) is 2.01. The van der Waals surface area contributed by atoms with E-state index >= 15 is 0 Å². The molecule has 0 radical (unpaired) electrons. The second kappa shape index (κ2) is 8.63. The highest BCUT2D eigenvalue weighted by atomic mass is 16.5. The van der Waals surface area contributed by atoms with E-state index in [0.717, 1.165) is 16.6 Å². The van der Waals surface area contributed by atoms with Gasteiger partial charge in [0, 0.05) is 18.5 Å². The van der Waals surface area contributed by atoms with E-state index < -0.39 is 11.8 Å². The van der Waals surface area contributed by atoms with Gasteiger partial charge in [0.25, 0.3) is 0 Å². The average Bonchev–Trinajstić information content (AvgIpc) is 3.11. The standard InChI is InChI=1S/C23H29N3O3/c1-23(2,22(27)25-12-14-28-15-13-25)29-17-20-19-10-6-7-11-21(19)26(24-20)16-18-8-4-3-5-9-18/h3-11,22,27H,12-17H2,1-2H3. The molecule has 1 aromatic heterocycles. The molecule has 6 nitrogen and oxygen atoms in total. The average molecular weight is 396 g/mol. The fourth-order valence-corrected chi connectivity index (χ4v) is 3.77. The van der Waals surface area contributed by atoms with Gasteiger partial charge in [-0.15, -0.1) is 0 Å². The topological polar surface area (TPSA) is 59.8 Å². The second-order valence-electron chi connectivity index (χ2n) is 8.02. The minimum Gasteiger partial charge on any atom is -0.379 e. The van der Waals surface area contributed by atoms with Crippen LogP contribution in [0.1, 0.15) is 25.1 Å². The second-order valence-corrected chi connectivity index (χ2v) is 8.02. The zero-order valence-corrected chi connectivity index (χ0v) is 17.1. The van der Waals surface area contributed by atoms with Crippen LogP contribution in [0.3, 0.4) is 0 Å². The lowest BCUT2D eigenvalue weighted by Gasteiger charge is -2.39. The Balaban J connectivity index is 1.51. The molecule has 3 aromatic rings. The summed E-state index contributed by atoms with van der Waals surface area (Å²) in [6.07, 6.45) is -0.691. The van der Waals surface area contributed by atoms with Crippen molar-refractivity contribution in [3.8, 4) is 0 Å². The first-order valence-corrected chi connectivity index (χ1v) is 10.2. The van der Waals surface area contributed by atoms with Gasteiger partial charge in [-0.3, -0.25) is 9.58 Å². The maximum Gasteiger partial charge on any atom is 0.136 e. The fourth-order valence-electron chi connectivity index (χ4n) is 3.77. The first-order chi connectivity index (χ1) is 14.0. The largest absolute Gasteiger partial charge is 0.379 e. The van der Waals surface area contributed by atoms with Gasteiger partial charge >= 0.3 is 0 Å². The minimum atomic E-state index is -0.721. The minimum absolute atomic E-state index is 0.344. The summed E-state index contributed by atoms with van der Waals surface area (Å²) < 4.78 is 13.6. The lowest BCUT2D eigenvalue weighted by Crippen LogP contribution is -2.54. The SMILES string of the molecule is CC(C)(OCc1nn(Cc2ccccc2)c2ccccc12)C(O)N1CCOCC1. The molecule has 1 saturated heterocycles. The molecule has 29 heavy (non-hydrogen) atoms. The molecule has 1 aliphatic rings. The molecule has 0 saturated carbocycles. The van der Waals surface area contributed by atoms with Crippen molar-refractivity contribution in [2.24, 2.45) is 0 Å². The number of hydrogen-bond donors (Lipinski definition) is 1. The summed E-state index contributed by atoms with van der Waals surface area (Å²) in [5.41, 5.74) is 2.46. The number of aliphatic hydroxyl groups excluding tert-OH is 1. The van der Waals surface area contributed by atoms with E-state index in [9.17, 15) is 5.11 Å². The normalized spacial score (nSPS) is 16.9. The molecule has 0 spiro atoms.